The molecule has 16 heavy (non-hydrogen) atoms. The molecule has 0 amide bonds. The Labute approximate surface area is 91.6 Å². The molecule has 0 N–H and O–H groups in total. The van der Waals surface area contributed by atoms with E-state index in [2.05, 4.69) is 20.1 Å². The van der Waals surface area contributed by atoms with Gasteiger partial charge in [-0.05, 0) is 11.1 Å². The molecule has 0 aromatic carbocycles. The first-order chi connectivity index (χ1) is 7.70. The van der Waals surface area contributed by atoms with Gasteiger partial charge in [-0.25, -0.2) is 0 Å². The molecule has 0 aliphatic carbocycles. The van der Waals surface area contributed by atoms with Crippen LogP contribution in [0.5, 0.6) is 0 Å². The zero-order valence-corrected chi connectivity index (χ0v) is 8.81. The van der Waals surface area contributed by atoms with Gasteiger partial charge in [-0.3, -0.25) is 4.79 Å². The number of hydrogen-bond acceptors (Lipinski definition) is 5. The molecule has 0 rings (SSSR count). The van der Waals surface area contributed by atoms with Crippen LogP contribution in [0.3, 0.4) is 0 Å². The van der Waals surface area contributed by atoms with E-state index in [1.807, 2.05) is 0 Å². The Morgan fingerprint density at radius 1 is 1.38 bits per heavy atom. The van der Waals surface area contributed by atoms with E-state index in [-0.39, 0.29) is 26.3 Å². The van der Waals surface area contributed by atoms with Crippen molar-refractivity contribution in [2.45, 2.75) is 13.0 Å². The molecule has 0 aliphatic heterocycles. The fourth-order valence-corrected chi connectivity index (χ4v) is 0.851. The Morgan fingerprint density at radius 2 is 2.06 bits per heavy atom. The van der Waals surface area contributed by atoms with Crippen molar-refractivity contribution in [3.8, 4) is 0 Å². The Hall–Kier alpha value is -1.95. The van der Waals surface area contributed by atoms with Gasteiger partial charge in [-0.1, -0.05) is 10.2 Å². The second-order valence-corrected chi connectivity index (χ2v) is 2.67. The van der Waals surface area contributed by atoms with Crippen LogP contribution >= 0.6 is 0 Å². The number of ether oxygens (including phenoxy) is 2. The average molecular weight is 228 g/mol. The number of rotatable bonds is 8. The van der Waals surface area contributed by atoms with Gasteiger partial charge in [0.15, 0.2) is 0 Å². The van der Waals surface area contributed by atoms with Gasteiger partial charge >= 0.3 is 5.97 Å². The van der Waals surface area contributed by atoms with Crippen LogP contribution in [0.2, 0.25) is 0 Å². The highest BCUT2D eigenvalue weighted by atomic mass is 16.6. The van der Waals surface area contributed by atoms with E-state index in [0.29, 0.717) is 0 Å². The Balaban J connectivity index is 3.85. The number of azide groups is 2. The molecular weight excluding hydrogens is 216 g/mol. The van der Waals surface area contributed by atoms with Crippen LogP contribution in [0.1, 0.15) is 6.92 Å². The SMILES string of the molecule is CC(=O)OC(CN=[N+]=[N-])COCCN=[N+]=[N-]. The third-order valence-electron chi connectivity index (χ3n) is 1.38. The van der Waals surface area contributed by atoms with Crippen LogP contribution in [0.15, 0.2) is 10.2 Å². The Bertz CT molecular complexity index is 303. The van der Waals surface area contributed by atoms with Crippen molar-refractivity contribution < 1.29 is 14.3 Å². The van der Waals surface area contributed by atoms with Gasteiger partial charge < -0.3 is 9.47 Å². The number of carbonyl (C=O) groups excluding carboxylic acids is 1. The Kier molecular flexibility index (Phi) is 8.43. The molecule has 9 nitrogen and oxygen atoms in total. The van der Waals surface area contributed by atoms with Crippen molar-refractivity contribution in [2.24, 2.45) is 10.2 Å². The van der Waals surface area contributed by atoms with E-state index in [9.17, 15) is 4.79 Å². The van der Waals surface area contributed by atoms with Crippen LogP contribution in [0.4, 0.5) is 0 Å². The molecule has 0 saturated carbocycles. The lowest BCUT2D eigenvalue weighted by Gasteiger charge is -2.14. The van der Waals surface area contributed by atoms with E-state index >= 15 is 0 Å². The van der Waals surface area contributed by atoms with E-state index in [0.717, 1.165) is 0 Å². The van der Waals surface area contributed by atoms with Gasteiger partial charge in [0.25, 0.3) is 0 Å². The maximum absolute atomic E-state index is 10.7. The molecule has 0 aromatic rings. The smallest absolute Gasteiger partial charge is 0.302 e. The predicted octanol–water partition coefficient (Wildman–Crippen LogP) is 1.56. The second-order valence-electron chi connectivity index (χ2n) is 2.67. The number of esters is 1. The molecule has 0 heterocycles. The Morgan fingerprint density at radius 3 is 2.62 bits per heavy atom. The van der Waals surface area contributed by atoms with Crippen LogP contribution in [0.25, 0.3) is 20.9 Å². The molecule has 0 aliphatic rings. The summed E-state index contributed by atoms with van der Waals surface area (Å²) in [6.07, 6.45) is -0.612. The summed E-state index contributed by atoms with van der Waals surface area (Å²) >= 11 is 0. The molecule has 88 valence electrons. The number of carbonyl (C=O) groups is 1. The summed E-state index contributed by atoms with van der Waals surface area (Å²) in [6, 6.07) is 0. The van der Waals surface area contributed by atoms with Crippen molar-refractivity contribution >= 4 is 5.97 Å². The van der Waals surface area contributed by atoms with Crippen LogP contribution < -0.4 is 0 Å². The van der Waals surface area contributed by atoms with Gasteiger partial charge in [-0.15, -0.1) is 0 Å². The minimum absolute atomic E-state index is 0.0115. The summed E-state index contributed by atoms with van der Waals surface area (Å²) in [5.41, 5.74) is 16.1. The fourth-order valence-electron chi connectivity index (χ4n) is 0.851. The normalized spacial score (nSPS) is 10.8. The van der Waals surface area contributed by atoms with Crippen molar-refractivity contribution in [3.63, 3.8) is 0 Å². The molecular formula is C7H12N6O3. The minimum Gasteiger partial charge on any atom is -0.460 e. The number of nitrogens with zero attached hydrogens (tertiary/aromatic N) is 6. The molecule has 1 unspecified atom stereocenters. The highest BCUT2D eigenvalue weighted by Gasteiger charge is 2.10. The zero-order chi connectivity index (χ0) is 12.2. The highest BCUT2D eigenvalue weighted by Crippen LogP contribution is 1.96. The number of hydrogen-bond donors (Lipinski definition) is 0. The molecule has 1 atom stereocenters. The summed E-state index contributed by atoms with van der Waals surface area (Å²) < 4.78 is 9.90. The third kappa shape index (κ3) is 8.64. The lowest BCUT2D eigenvalue weighted by atomic mass is 10.4. The van der Waals surface area contributed by atoms with Crippen LogP contribution in [-0.2, 0) is 14.3 Å². The first kappa shape index (κ1) is 14.1. The topological polar surface area (TPSA) is 133 Å². The standard InChI is InChI=1S/C7H12N6O3/c1-6(14)16-7(4-11-13-9)5-15-3-2-10-12-8/h7H,2-5H2,1H3. The van der Waals surface area contributed by atoms with Gasteiger partial charge in [0.2, 0.25) is 0 Å². The average Bonchev–Trinajstić information content (AvgIpc) is 2.24. The molecule has 0 fully saturated rings. The summed E-state index contributed by atoms with van der Waals surface area (Å²) in [6.45, 7) is 1.78. The second kappa shape index (κ2) is 9.60. The lowest BCUT2D eigenvalue weighted by Crippen LogP contribution is -2.25. The monoisotopic (exact) mass is 228 g/mol. The van der Waals surface area contributed by atoms with Gasteiger partial charge in [0, 0.05) is 23.3 Å². The predicted molar refractivity (Wildman–Crippen MR) is 54.4 cm³/mol. The summed E-state index contributed by atoms with van der Waals surface area (Å²) in [5, 5.41) is 6.54. The van der Waals surface area contributed by atoms with Crippen molar-refractivity contribution in [1.29, 1.82) is 0 Å². The third-order valence-corrected chi connectivity index (χ3v) is 1.38. The zero-order valence-electron chi connectivity index (χ0n) is 8.81. The highest BCUT2D eigenvalue weighted by molar-refractivity contribution is 5.66. The van der Waals surface area contributed by atoms with Crippen molar-refractivity contribution in [2.75, 3.05) is 26.3 Å². The first-order valence-electron chi connectivity index (χ1n) is 4.47. The maximum atomic E-state index is 10.7. The summed E-state index contributed by atoms with van der Waals surface area (Å²) in [7, 11) is 0. The molecule has 0 bridgehead atoms. The van der Waals surface area contributed by atoms with Gasteiger partial charge in [0.05, 0.1) is 19.8 Å². The van der Waals surface area contributed by atoms with Crippen molar-refractivity contribution in [1.82, 2.24) is 0 Å². The summed E-state index contributed by atoms with van der Waals surface area (Å²) in [5.74, 6) is -0.475. The quantitative estimate of drug-likeness (QED) is 0.205. The molecule has 0 aromatic heterocycles. The fraction of sp³-hybridized carbons (Fsp3) is 0.857. The lowest BCUT2D eigenvalue weighted by molar-refractivity contribution is -0.148. The first-order valence-corrected chi connectivity index (χ1v) is 4.47. The van der Waals surface area contributed by atoms with E-state index in [4.69, 9.17) is 20.5 Å². The molecule has 0 spiro atoms. The van der Waals surface area contributed by atoms with Crippen molar-refractivity contribution in [3.05, 3.63) is 20.9 Å². The molecule has 0 radical (unpaired) electrons. The van der Waals surface area contributed by atoms with E-state index < -0.39 is 12.1 Å². The summed E-state index contributed by atoms with van der Waals surface area (Å²) in [4.78, 5) is 15.8. The van der Waals surface area contributed by atoms with E-state index in [1.165, 1.54) is 6.92 Å². The van der Waals surface area contributed by atoms with Gasteiger partial charge in [-0.2, -0.15) is 0 Å². The van der Waals surface area contributed by atoms with Gasteiger partial charge in [0.1, 0.15) is 6.10 Å². The molecule has 9 heteroatoms. The van der Waals surface area contributed by atoms with E-state index in [1.54, 1.807) is 0 Å². The molecule has 0 saturated heterocycles. The maximum Gasteiger partial charge on any atom is 0.302 e. The van der Waals surface area contributed by atoms with Crippen LogP contribution in [-0.4, -0.2) is 38.4 Å². The van der Waals surface area contributed by atoms with Crippen LogP contribution in [0, 0.1) is 0 Å². The largest absolute Gasteiger partial charge is 0.460 e. The minimum atomic E-state index is -0.612.